The summed E-state index contributed by atoms with van der Waals surface area (Å²) in [4.78, 5) is 35.8. The lowest BCUT2D eigenvalue weighted by molar-refractivity contribution is -0.139. The first-order valence-corrected chi connectivity index (χ1v) is 6.56. The van der Waals surface area contributed by atoms with E-state index >= 15 is 0 Å². The van der Waals surface area contributed by atoms with Gasteiger partial charge in [-0.25, -0.2) is 4.79 Å². The van der Waals surface area contributed by atoms with E-state index in [0.29, 0.717) is 16.3 Å². The maximum absolute atomic E-state index is 11.8. The predicted octanol–water partition coefficient (Wildman–Crippen LogP) is 1.42. The van der Waals surface area contributed by atoms with Crippen LogP contribution in [-0.4, -0.2) is 27.8 Å². The van der Waals surface area contributed by atoms with E-state index in [1.54, 1.807) is 24.3 Å². The molecule has 3 rings (SSSR count). The number of fused-ring (bicyclic) bond motifs is 1. The Morgan fingerprint density at radius 3 is 2.18 bits per heavy atom. The Kier molecular flexibility index (Phi) is 3.23. The maximum Gasteiger partial charge on any atom is 0.336 e. The van der Waals surface area contributed by atoms with E-state index in [1.165, 1.54) is 12.1 Å². The van der Waals surface area contributed by atoms with Gasteiger partial charge in [-0.05, 0) is 22.4 Å². The second kappa shape index (κ2) is 5.09. The largest absolute Gasteiger partial charge is 0.478 e. The molecule has 0 aromatic heterocycles. The lowest BCUT2D eigenvalue weighted by Gasteiger charge is -2.24. The molecule has 0 spiro atoms. The first-order valence-electron chi connectivity index (χ1n) is 6.56. The van der Waals surface area contributed by atoms with Crippen molar-refractivity contribution < 1.29 is 19.5 Å². The molecule has 6 heteroatoms. The van der Waals surface area contributed by atoms with E-state index in [4.69, 9.17) is 5.73 Å². The maximum atomic E-state index is 11.8. The number of rotatable bonds is 3. The summed E-state index contributed by atoms with van der Waals surface area (Å²) in [5, 5.41) is 10.4. The molecule has 6 nitrogen and oxygen atoms in total. The lowest BCUT2D eigenvalue weighted by atomic mass is 9.97. The Morgan fingerprint density at radius 2 is 1.59 bits per heavy atom. The minimum atomic E-state index is -1.05. The van der Waals surface area contributed by atoms with E-state index in [1.807, 2.05) is 0 Å². The van der Waals surface area contributed by atoms with Crippen molar-refractivity contribution >= 4 is 28.6 Å². The summed E-state index contributed by atoms with van der Waals surface area (Å²) in [6.45, 7) is 0. The monoisotopic (exact) mass is 296 g/mol. The van der Waals surface area contributed by atoms with Gasteiger partial charge in [0.05, 0.1) is 5.56 Å². The lowest BCUT2D eigenvalue weighted by Crippen LogP contribution is -2.39. The second-order valence-corrected chi connectivity index (χ2v) is 4.88. The van der Waals surface area contributed by atoms with Crippen LogP contribution < -0.4 is 5.73 Å². The minimum absolute atomic E-state index is 0.142. The summed E-state index contributed by atoms with van der Waals surface area (Å²) in [6.07, 6.45) is 1.36. The average Bonchev–Trinajstić information content (AvgIpc) is 2.84. The Balaban J connectivity index is 2.16. The number of imide groups is 1. The molecule has 0 fully saturated rings. The van der Waals surface area contributed by atoms with Gasteiger partial charge in [-0.3, -0.25) is 14.5 Å². The number of carboxylic acids is 1. The van der Waals surface area contributed by atoms with Crippen molar-refractivity contribution in [3.05, 3.63) is 59.7 Å². The standard InChI is InChI=1S/C16H12N2O4/c17-15(18-13(19)7-8-14(18)20)11-5-6-12(16(21)22)10-4-2-1-3-9(10)11/h1-8,15H,17H2,(H,21,22). The number of amides is 2. The molecule has 1 atom stereocenters. The smallest absolute Gasteiger partial charge is 0.336 e. The first-order chi connectivity index (χ1) is 10.5. The zero-order chi connectivity index (χ0) is 15.9. The summed E-state index contributed by atoms with van der Waals surface area (Å²) in [6, 6.07) is 9.82. The van der Waals surface area contributed by atoms with Crippen molar-refractivity contribution in [2.75, 3.05) is 0 Å². The van der Waals surface area contributed by atoms with Crippen LogP contribution in [0, 0.1) is 0 Å². The molecular formula is C16H12N2O4. The summed E-state index contributed by atoms with van der Waals surface area (Å²) < 4.78 is 0. The van der Waals surface area contributed by atoms with E-state index < -0.39 is 23.9 Å². The molecule has 22 heavy (non-hydrogen) atoms. The number of carboxylic acid groups (broad SMARTS) is 1. The molecule has 1 heterocycles. The van der Waals surface area contributed by atoms with E-state index in [-0.39, 0.29) is 5.56 Å². The predicted molar refractivity (Wildman–Crippen MR) is 78.8 cm³/mol. The topological polar surface area (TPSA) is 101 Å². The number of aromatic carboxylic acids is 1. The van der Waals surface area contributed by atoms with Crippen molar-refractivity contribution in [3.63, 3.8) is 0 Å². The molecule has 2 aromatic carbocycles. The molecule has 0 bridgehead atoms. The molecule has 0 saturated carbocycles. The van der Waals surface area contributed by atoms with Crippen molar-refractivity contribution in [3.8, 4) is 0 Å². The SMILES string of the molecule is NC(c1ccc(C(=O)O)c2ccccc12)N1C(=O)C=CC1=O. The van der Waals surface area contributed by atoms with Crippen LogP contribution in [0.3, 0.4) is 0 Å². The molecule has 110 valence electrons. The van der Waals surface area contributed by atoms with Gasteiger partial charge >= 0.3 is 5.97 Å². The fourth-order valence-corrected chi connectivity index (χ4v) is 2.59. The average molecular weight is 296 g/mol. The normalized spacial score (nSPS) is 15.6. The van der Waals surface area contributed by atoms with Gasteiger partial charge in [0.1, 0.15) is 6.17 Å². The molecule has 2 aromatic rings. The number of hydrogen-bond acceptors (Lipinski definition) is 4. The number of hydrogen-bond donors (Lipinski definition) is 2. The van der Waals surface area contributed by atoms with Crippen molar-refractivity contribution in [2.24, 2.45) is 5.73 Å². The van der Waals surface area contributed by atoms with E-state index in [2.05, 4.69) is 0 Å². The molecule has 1 unspecified atom stereocenters. The zero-order valence-corrected chi connectivity index (χ0v) is 11.4. The van der Waals surface area contributed by atoms with Gasteiger partial charge < -0.3 is 10.8 Å². The van der Waals surface area contributed by atoms with Crippen LogP contribution in [0.4, 0.5) is 0 Å². The molecule has 0 saturated heterocycles. The van der Waals surface area contributed by atoms with Crippen LogP contribution in [0.1, 0.15) is 22.1 Å². The minimum Gasteiger partial charge on any atom is -0.478 e. The number of nitrogens with zero attached hydrogens (tertiary/aromatic N) is 1. The van der Waals surface area contributed by atoms with Gasteiger partial charge in [-0.2, -0.15) is 0 Å². The third kappa shape index (κ3) is 2.06. The van der Waals surface area contributed by atoms with Crippen LogP contribution in [-0.2, 0) is 9.59 Å². The highest BCUT2D eigenvalue weighted by molar-refractivity contribution is 6.13. The molecule has 1 aliphatic heterocycles. The molecule has 2 amide bonds. The highest BCUT2D eigenvalue weighted by Crippen LogP contribution is 2.29. The number of nitrogens with two attached hydrogens (primary N) is 1. The van der Waals surface area contributed by atoms with Gasteiger partial charge in [0, 0.05) is 12.2 Å². The molecule has 0 aliphatic carbocycles. The second-order valence-electron chi connectivity index (χ2n) is 4.88. The number of carbonyl (C=O) groups is 3. The zero-order valence-electron chi connectivity index (χ0n) is 11.4. The number of carbonyl (C=O) groups excluding carboxylic acids is 2. The summed E-state index contributed by atoms with van der Waals surface area (Å²) >= 11 is 0. The van der Waals surface area contributed by atoms with Crippen molar-refractivity contribution in [1.29, 1.82) is 0 Å². The molecular weight excluding hydrogens is 284 g/mol. The van der Waals surface area contributed by atoms with Crippen molar-refractivity contribution in [2.45, 2.75) is 6.17 Å². The molecule has 1 aliphatic rings. The summed E-state index contributed by atoms with van der Waals surface area (Å²) in [5.74, 6) is -2.01. The third-order valence-electron chi connectivity index (χ3n) is 3.63. The first kappa shape index (κ1) is 14.0. The third-order valence-corrected chi connectivity index (χ3v) is 3.63. The Labute approximate surface area is 125 Å². The van der Waals surface area contributed by atoms with Crippen molar-refractivity contribution in [1.82, 2.24) is 4.90 Å². The van der Waals surface area contributed by atoms with Gasteiger partial charge in [0.25, 0.3) is 11.8 Å². The fraction of sp³-hybridized carbons (Fsp3) is 0.0625. The highest BCUT2D eigenvalue weighted by Gasteiger charge is 2.31. The van der Waals surface area contributed by atoms with Gasteiger partial charge in [0.2, 0.25) is 0 Å². The quantitative estimate of drug-likeness (QED) is 0.834. The highest BCUT2D eigenvalue weighted by atomic mass is 16.4. The molecule has 0 radical (unpaired) electrons. The number of benzene rings is 2. The Bertz CT molecular complexity index is 823. The van der Waals surface area contributed by atoms with E-state index in [0.717, 1.165) is 17.1 Å². The van der Waals surface area contributed by atoms with Crippen LogP contribution in [0.25, 0.3) is 10.8 Å². The molecule has 3 N–H and O–H groups in total. The summed E-state index contributed by atoms with van der Waals surface area (Å²) in [5.41, 5.74) is 6.73. The van der Waals surface area contributed by atoms with Gasteiger partial charge in [-0.1, -0.05) is 30.3 Å². The van der Waals surface area contributed by atoms with Crippen LogP contribution in [0.15, 0.2) is 48.6 Å². The Morgan fingerprint density at radius 1 is 1.00 bits per heavy atom. The van der Waals surface area contributed by atoms with Crippen LogP contribution >= 0.6 is 0 Å². The van der Waals surface area contributed by atoms with Crippen LogP contribution in [0.5, 0.6) is 0 Å². The Hall–Kier alpha value is -2.99. The van der Waals surface area contributed by atoms with Crippen LogP contribution in [0.2, 0.25) is 0 Å². The fourth-order valence-electron chi connectivity index (χ4n) is 2.59. The van der Waals surface area contributed by atoms with Gasteiger partial charge in [0.15, 0.2) is 0 Å². The summed E-state index contributed by atoms with van der Waals surface area (Å²) in [7, 11) is 0. The van der Waals surface area contributed by atoms with E-state index in [9.17, 15) is 19.5 Å². The van der Waals surface area contributed by atoms with Gasteiger partial charge in [-0.15, -0.1) is 0 Å².